The molecule has 31 heavy (non-hydrogen) atoms. The molecule has 1 heterocycles. The lowest BCUT2D eigenvalue weighted by Gasteiger charge is -2.09. The maximum absolute atomic E-state index is 12.9. The van der Waals surface area contributed by atoms with Crippen molar-refractivity contribution in [3.05, 3.63) is 87.3 Å². The molecule has 0 radical (unpaired) electrons. The summed E-state index contributed by atoms with van der Waals surface area (Å²) in [6.45, 7) is 2.12. The van der Waals surface area contributed by atoms with E-state index in [9.17, 15) is 9.59 Å². The number of rotatable bonds is 6. The number of benzene rings is 2. The zero-order chi connectivity index (χ0) is 21.6. The number of hydrogen-bond acceptors (Lipinski definition) is 4. The summed E-state index contributed by atoms with van der Waals surface area (Å²) in [5.74, 6) is -0.538. The Morgan fingerprint density at radius 1 is 0.935 bits per heavy atom. The van der Waals surface area contributed by atoms with Crippen LogP contribution in [-0.4, -0.2) is 18.5 Å². The summed E-state index contributed by atoms with van der Waals surface area (Å²) in [4.78, 5) is 26.8. The number of hydrogen-bond donors (Lipinski definition) is 1. The van der Waals surface area contributed by atoms with Crippen LogP contribution in [0, 0.1) is 0 Å². The second-order valence-corrected chi connectivity index (χ2v) is 8.91. The molecule has 5 heteroatoms. The fourth-order valence-corrected chi connectivity index (χ4v) is 5.30. The smallest absolute Gasteiger partial charge is 0.341 e. The van der Waals surface area contributed by atoms with E-state index in [2.05, 4.69) is 17.4 Å². The molecule has 4 rings (SSSR count). The maximum atomic E-state index is 12.9. The second kappa shape index (κ2) is 9.92. The highest BCUT2D eigenvalue weighted by atomic mass is 32.1. The summed E-state index contributed by atoms with van der Waals surface area (Å²) in [5.41, 5.74) is 4.58. The Morgan fingerprint density at radius 3 is 2.39 bits per heavy atom. The summed E-state index contributed by atoms with van der Waals surface area (Å²) in [7, 11) is 0. The van der Waals surface area contributed by atoms with E-state index in [4.69, 9.17) is 4.74 Å². The Hall–Kier alpha value is -2.92. The molecular formula is C26H27NO3S. The number of ether oxygens (including phenoxy) is 1. The van der Waals surface area contributed by atoms with Gasteiger partial charge in [0, 0.05) is 10.4 Å². The molecule has 2 aromatic carbocycles. The van der Waals surface area contributed by atoms with Crippen molar-refractivity contribution in [2.24, 2.45) is 0 Å². The lowest BCUT2D eigenvalue weighted by molar-refractivity contribution is 0.0527. The highest BCUT2D eigenvalue weighted by Gasteiger charge is 2.26. The van der Waals surface area contributed by atoms with Gasteiger partial charge >= 0.3 is 5.97 Å². The van der Waals surface area contributed by atoms with E-state index in [1.54, 1.807) is 6.92 Å². The predicted molar refractivity (Wildman–Crippen MR) is 125 cm³/mol. The third-order valence-corrected chi connectivity index (χ3v) is 6.80. The van der Waals surface area contributed by atoms with Crippen LogP contribution >= 0.6 is 11.3 Å². The van der Waals surface area contributed by atoms with Crippen molar-refractivity contribution in [2.75, 3.05) is 11.9 Å². The van der Waals surface area contributed by atoms with Crippen molar-refractivity contribution in [2.45, 2.75) is 45.4 Å². The zero-order valence-electron chi connectivity index (χ0n) is 17.8. The van der Waals surface area contributed by atoms with E-state index >= 15 is 0 Å². The lowest BCUT2D eigenvalue weighted by atomic mass is 10.0. The number of carbonyl (C=O) groups is 2. The van der Waals surface area contributed by atoms with Gasteiger partial charge in [-0.1, -0.05) is 48.9 Å². The fraction of sp³-hybridized carbons (Fsp3) is 0.308. The van der Waals surface area contributed by atoms with Gasteiger partial charge in [0.1, 0.15) is 5.00 Å². The van der Waals surface area contributed by atoms with Crippen molar-refractivity contribution >= 4 is 28.2 Å². The number of fused-ring (bicyclic) bond motifs is 1. The molecule has 160 valence electrons. The topological polar surface area (TPSA) is 55.4 Å². The number of esters is 1. The lowest BCUT2D eigenvalue weighted by Crippen LogP contribution is -2.15. The van der Waals surface area contributed by atoms with Gasteiger partial charge in [0.2, 0.25) is 0 Å². The molecular weight excluding hydrogens is 406 g/mol. The first-order valence-electron chi connectivity index (χ1n) is 10.9. The zero-order valence-corrected chi connectivity index (χ0v) is 18.6. The molecule has 0 saturated carbocycles. The van der Waals surface area contributed by atoms with Crippen molar-refractivity contribution in [3.8, 4) is 0 Å². The molecule has 0 fully saturated rings. The monoisotopic (exact) mass is 433 g/mol. The summed E-state index contributed by atoms with van der Waals surface area (Å²) >= 11 is 1.52. The van der Waals surface area contributed by atoms with Gasteiger partial charge in [0.25, 0.3) is 5.91 Å². The Balaban J connectivity index is 1.53. The minimum atomic E-state index is -0.338. The van der Waals surface area contributed by atoms with E-state index in [0.717, 1.165) is 43.2 Å². The predicted octanol–water partition coefficient (Wildman–Crippen LogP) is 6.04. The number of carbonyl (C=O) groups excluding carboxylic acids is 2. The Labute approximate surface area is 187 Å². The van der Waals surface area contributed by atoms with Gasteiger partial charge in [0.15, 0.2) is 0 Å². The van der Waals surface area contributed by atoms with Gasteiger partial charge in [0.05, 0.1) is 12.2 Å². The molecule has 1 aliphatic rings. The van der Waals surface area contributed by atoms with Crippen LogP contribution in [0.4, 0.5) is 5.00 Å². The average molecular weight is 434 g/mol. The molecule has 3 aromatic rings. The number of amides is 1. The summed E-state index contributed by atoms with van der Waals surface area (Å²) in [5, 5.41) is 3.61. The molecule has 0 bridgehead atoms. The van der Waals surface area contributed by atoms with E-state index in [0.29, 0.717) is 22.7 Å². The van der Waals surface area contributed by atoms with Crippen LogP contribution in [0.3, 0.4) is 0 Å². The SMILES string of the molecule is CCOC(=O)c1c(NC(=O)c2ccc(Cc3ccccc3)cc2)sc2c1CCCCC2. The van der Waals surface area contributed by atoms with Gasteiger partial charge in [-0.2, -0.15) is 0 Å². The summed E-state index contributed by atoms with van der Waals surface area (Å²) < 4.78 is 5.31. The minimum Gasteiger partial charge on any atom is -0.462 e. The van der Waals surface area contributed by atoms with E-state index in [1.807, 2.05) is 42.5 Å². The van der Waals surface area contributed by atoms with Crippen LogP contribution in [0.15, 0.2) is 54.6 Å². The number of anilines is 1. The molecule has 0 unspecified atom stereocenters. The van der Waals surface area contributed by atoms with E-state index < -0.39 is 0 Å². The van der Waals surface area contributed by atoms with Crippen molar-refractivity contribution < 1.29 is 14.3 Å². The first-order chi connectivity index (χ1) is 15.2. The molecule has 1 amide bonds. The van der Waals surface area contributed by atoms with Crippen LogP contribution in [0.1, 0.15) is 68.5 Å². The van der Waals surface area contributed by atoms with Crippen LogP contribution in [0.25, 0.3) is 0 Å². The van der Waals surface area contributed by atoms with Gasteiger partial charge in [-0.05, 0) is 67.9 Å². The largest absolute Gasteiger partial charge is 0.462 e. The van der Waals surface area contributed by atoms with Crippen molar-refractivity contribution in [1.29, 1.82) is 0 Å². The number of thiophene rings is 1. The molecule has 0 saturated heterocycles. The van der Waals surface area contributed by atoms with Gasteiger partial charge in [-0.25, -0.2) is 4.79 Å². The van der Waals surface area contributed by atoms with Crippen LogP contribution in [-0.2, 0) is 24.0 Å². The Kier molecular flexibility index (Phi) is 6.82. The van der Waals surface area contributed by atoms with Crippen LogP contribution in [0.5, 0.6) is 0 Å². The Morgan fingerprint density at radius 2 is 1.65 bits per heavy atom. The van der Waals surface area contributed by atoms with Crippen LogP contribution in [0.2, 0.25) is 0 Å². The minimum absolute atomic E-state index is 0.201. The van der Waals surface area contributed by atoms with Crippen LogP contribution < -0.4 is 5.32 Å². The van der Waals surface area contributed by atoms with E-state index in [1.165, 1.54) is 28.2 Å². The third kappa shape index (κ3) is 5.05. The fourth-order valence-electron chi connectivity index (χ4n) is 4.03. The van der Waals surface area contributed by atoms with Gasteiger partial charge in [-0.15, -0.1) is 11.3 Å². The second-order valence-electron chi connectivity index (χ2n) is 7.80. The molecule has 1 N–H and O–H groups in total. The first kappa shape index (κ1) is 21.3. The number of nitrogens with one attached hydrogen (secondary N) is 1. The molecule has 1 aromatic heterocycles. The third-order valence-electron chi connectivity index (χ3n) is 5.60. The van der Waals surface area contributed by atoms with Crippen molar-refractivity contribution in [3.63, 3.8) is 0 Å². The maximum Gasteiger partial charge on any atom is 0.341 e. The van der Waals surface area contributed by atoms with E-state index in [-0.39, 0.29) is 11.9 Å². The molecule has 0 atom stereocenters. The normalized spacial score (nSPS) is 13.2. The summed E-state index contributed by atoms with van der Waals surface area (Å²) in [6.07, 6.45) is 5.99. The quantitative estimate of drug-likeness (QED) is 0.381. The molecule has 4 nitrogen and oxygen atoms in total. The summed E-state index contributed by atoms with van der Waals surface area (Å²) in [6, 6.07) is 17.9. The Bertz CT molecular complexity index is 1050. The molecule has 0 aliphatic heterocycles. The highest BCUT2D eigenvalue weighted by Crippen LogP contribution is 2.38. The molecule has 0 spiro atoms. The highest BCUT2D eigenvalue weighted by molar-refractivity contribution is 7.17. The van der Waals surface area contributed by atoms with Gasteiger partial charge in [-0.3, -0.25) is 4.79 Å². The van der Waals surface area contributed by atoms with Crippen molar-refractivity contribution in [1.82, 2.24) is 0 Å². The number of aryl methyl sites for hydroxylation is 1. The average Bonchev–Trinajstić information content (AvgIpc) is 2.95. The standard InChI is InChI=1S/C26H27NO3S/c1-2-30-26(29)23-21-11-7-4-8-12-22(21)31-25(23)27-24(28)20-15-13-19(14-16-20)17-18-9-5-3-6-10-18/h3,5-6,9-10,13-16H,2,4,7-8,11-12,17H2,1H3,(H,27,28). The molecule has 1 aliphatic carbocycles. The first-order valence-corrected chi connectivity index (χ1v) is 11.7. The van der Waals surface area contributed by atoms with Gasteiger partial charge < -0.3 is 10.1 Å².